The van der Waals surface area contributed by atoms with Crippen LogP contribution in [0.2, 0.25) is 0 Å². The van der Waals surface area contributed by atoms with Crippen molar-refractivity contribution in [1.82, 2.24) is 9.13 Å². The highest BCUT2D eigenvalue weighted by Gasteiger charge is 2.36. The Labute approximate surface area is 129 Å². The Morgan fingerprint density at radius 3 is 2.36 bits per heavy atom. The second-order valence-corrected chi connectivity index (χ2v) is 6.46. The molecular formula is C16H22N4O2. The standard InChI is InChI=1S/C16H22N4O2/c1-18-14(12(10-17)15(21)19(2)16(18)22)20-9-5-8-13(20)11-6-3-4-7-11/h11,13H,3-9H2,1-2H3/t13-/m1/s1. The SMILES string of the molecule is Cn1c(N2CCC[C@@H]2C2CCCC2)c(C#N)c(=O)n(C)c1=O. The first kappa shape index (κ1) is 14.9. The average molecular weight is 302 g/mol. The van der Waals surface area contributed by atoms with Crippen LogP contribution < -0.4 is 16.1 Å². The highest BCUT2D eigenvalue weighted by atomic mass is 16.2. The van der Waals surface area contributed by atoms with Gasteiger partial charge in [0.1, 0.15) is 11.9 Å². The molecule has 1 aromatic rings. The van der Waals surface area contributed by atoms with Crippen LogP contribution >= 0.6 is 0 Å². The molecule has 0 amide bonds. The van der Waals surface area contributed by atoms with E-state index >= 15 is 0 Å². The molecule has 1 aromatic heterocycles. The van der Waals surface area contributed by atoms with Crippen molar-refractivity contribution in [2.75, 3.05) is 11.4 Å². The molecule has 0 radical (unpaired) electrons. The third kappa shape index (κ3) is 2.16. The van der Waals surface area contributed by atoms with E-state index in [0.29, 0.717) is 17.8 Å². The molecule has 1 aliphatic carbocycles. The lowest BCUT2D eigenvalue weighted by Crippen LogP contribution is -2.45. The fraction of sp³-hybridized carbons (Fsp3) is 0.688. The van der Waals surface area contributed by atoms with Crippen molar-refractivity contribution in [3.63, 3.8) is 0 Å². The molecule has 1 saturated carbocycles. The van der Waals surface area contributed by atoms with Gasteiger partial charge in [0, 0.05) is 26.7 Å². The number of rotatable bonds is 2. The molecule has 2 heterocycles. The molecule has 6 heteroatoms. The number of aromatic nitrogens is 2. The number of anilines is 1. The van der Waals surface area contributed by atoms with Gasteiger partial charge in [0.15, 0.2) is 5.56 Å². The second kappa shape index (κ2) is 5.64. The van der Waals surface area contributed by atoms with Gasteiger partial charge in [-0.05, 0) is 31.6 Å². The molecule has 2 aliphatic rings. The fourth-order valence-electron chi connectivity index (χ4n) is 4.16. The van der Waals surface area contributed by atoms with Gasteiger partial charge in [0.25, 0.3) is 5.56 Å². The van der Waals surface area contributed by atoms with Crippen molar-refractivity contribution in [3.8, 4) is 6.07 Å². The summed E-state index contributed by atoms with van der Waals surface area (Å²) in [5.74, 6) is 1.14. The van der Waals surface area contributed by atoms with Crippen molar-refractivity contribution in [2.24, 2.45) is 20.0 Å². The van der Waals surface area contributed by atoms with E-state index in [0.717, 1.165) is 24.0 Å². The van der Waals surface area contributed by atoms with Gasteiger partial charge in [-0.25, -0.2) is 4.79 Å². The monoisotopic (exact) mass is 302 g/mol. The van der Waals surface area contributed by atoms with E-state index in [2.05, 4.69) is 4.90 Å². The van der Waals surface area contributed by atoms with Crippen LogP contribution in [0.3, 0.4) is 0 Å². The molecule has 0 unspecified atom stereocenters. The number of hydrogen-bond donors (Lipinski definition) is 0. The summed E-state index contributed by atoms with van der Waals surface area (Å²) in [6.45, 7) is 0.816. The lowest BCUT2D eigenvalue weighted by atomic mass is 9.96. The maximum atomic E-state index is 12.3. The predicted molar refractivity (Wildman–Crippen MR) is 84.0 cm³/mol. The van der Waals surface area contributed by atoms with Crippen LogP contribution in [0, 0.1) is 17.2 Å². The molecule has 1 saturated heterocycles. The normalized spacial score (nSPS) is 22.2. The zero-order chi connectivity index (χ0) is 15.9. The summed E-state index contributed by atoms with van der Waals surface area (Å²) in [4.78, 5) is 26.7. The van der Waals surface area contributed by atoms with E-state index in [9.17, 15) is 14.9 Å². The van der Waals surface area contributed by atoms with Gasteiger partial charge in [0.2, 0.25) is 0 Å². The molecule has 3 rings (SSSR count). The highest BCUT2D eigenvalue weighted by Crippen LogP contribution is 2.37. The Balaban J connectivity index is 2.13. The van der Waals surface area contributed by atoms with E-state index in [4.69, 9.17) is 0 Å². The molecule has 2 fully saturated rings. The van der Waals surface area contributed by atoms with Gasteiger partial charge < -0.3 is 4.90 Å². The van der Waals surface area contributed by atoms with Gasteiger partial charge >= 0.3 is 5.69 Å². The number of hydrogen-bond acceptors (Lipinski definition) is 4. The summed E-state index contributed by atoms with van der Waals surface area (Å²) in [5, 5.41) is 9.45. The van der Waals surface area contributed by atoms with Gasteiger partial charge in [-0.1, -0.05) is 12.8 Å². The first-order chi connectivity index (χ1) is 10.6. The molecule has 1 atom stereocenters. The lowest BCUT2D eigenvalue weighted by molar-refractivity contribution is 0.425. The second-order valence-electron chi connectivity index (χ2n) is 6.46. The fourth-order valence-corrected chi connectivity index (χ4v) is 4.16. The Hall–Kier alpha value is -2.03. The number of nitriles is 1. The first-order valence-electron chi connectivity index (χ1n) is 8.03. The minimum Gasteiger partial charge on any atom is -0.353 e. The molecular weight excluding hydrogens is 280 g/mol. The van der Waals surface area contributed by atoms with Crippen LogP contribution in [0.5, 0.6) is 0 Å². The Morgan fingerprint density at radius 1 is 1.05 bits per heavy atom. The van der Waals surface area contributed by atoms with E-state index in [1.807, 2.05) is 6.07 Å². The van der Waals surface area contributed by atoms with Crippen LogP contribution in [0.15, 0.2) is 9.59 Å². The molecule has 0 aromatic carbocycles. The maximum Gasteiger partial charge on any atom is 0.332 e. The van der Waals surface area contributed by atoms with Gasteiger partial charge in [-0.2, -0.15) is 5.26 Å². The van der Waals surface area contributed by atoms with E-state index in [1.54, 1.807) is 7.05 Å². The summed E-state index contributed by atoms with van der Waals surface area (Å²) in [6.07, 6.45) is 7.07. The smallest absolute Gasteiger partial charge is 0.332 e. The number of nitrogens with zero attached hydrogens (tertiary/aromatic N) is 4. The largest absolute Gasteiger partial charge is 0.353 e. The third-order valence-electron chi connectivity index (χ3n) is 5.26. The van der Waals surface area contributed by atoms with E-state index < -0.39 is 5.56 Å². The van der Waals surface area contributed by atoms with Crippen LogP contribution in [-0.4, -0.2) is 21.7 Å². The summed E-state index contributed by atoms with van der Waals surface area (Å²) in [5.41, 5.74) is -0.761. The molecule has 1 aliphatic heterocycles. The molecule has 0 spiro atoms. The molecule has 6 nitrogen and oxygen atoms in total. The minimum absolute atomic E-state index is 0.0921. The van der Waals surface area contributed by atoms with Crippen LogP contribution in [0.4, 0.5) is 5.82 Å². The Morgan fingerprint density at radius 2 is 1.73 bits per heavy atom. The van der Waals surface area contributed by atoms with Gasteiger partial charge in [-0.15, -0.1) is 0 Å². The highest BCUT2D eigenvalue weighted by molar-refractivity contribution is 5.55. The molecule has 22 heavy (non-hydrogen) atoms. The zero-order valence-electron chi connectivity index (χ0n) is 13.2. The predicted octanol–water partition coefficient (Wildman–Crippen LogP) is 1.11. The molecule has 0 N–H and O–H groups in total. The topological polar surface area (TPSA) is 71.0 Å². The first-order valence-corrected chi connectivity index (χ1v) is 8.03. The third-order valence-corrected chi connectivity index (χ3v) is 5.26. The Bertz CT molecular complexity index is 734. The zero-order valence-corrected chi connectivity index (χ0v) is 13.2. The van der Waals surface area contributed by atoms with E-state index in [-0.39, 0.29) is 11.3 Å². The summed E-state index contributed by atoms with van der Waals surface area (Å²) < 4.78 is 2.48. The van der Waals surface area contributed by atoms with Gasteiger partial charge in [0.05, 0.1) is 0 Å². The lowest BCUT2D eigenvalue weighted by Gasteiger charge is -2.32. The average Bonchev–Trinajstić information content (AvgIpc) is 3.18. The summed E-state index contributed by atoms with van der Waals surface area (Å²) in [6, 6.07) is 2.38. The Kier molecular flexibility index (Phi) is 3.81. The van der Waals surface area contributed by atoms with Crippen LogP contribution in [0.25, 0.3) is 0 Å². The molecule has 118 valence electrons. The van der Waals surface area contributed by atoms with Crippen molar-refractivity contribution in [3.05, 3.63) is 26.4 Å². The maximum absolute atomic E-state index is 12.3. The summed E-state index contributed by atoms with van der Waals surface area (Å²) >= 11 is 0. The minimum atomic E-state index is -0.488. The molecule has 0 bridgehead atoms. The van der Waals surface area contributed by atoms with Crippen molar-refractivity contribution in [2.45, 2.75) is 44.6 Å². The quantitative estimate of drug-likeness (QED) is 0.820. The summed E-state index contributed by atoms with van der Waals surface area (Å²) in [7, 11) is 3.08. The van der Waals surface area contributed by atoms with Crippen molar-refractivity contribution >= 4 is 5.82 Å². The van der Waals surface area contributed by atoms with E-state index in [1.165, 1.54) is 37.3 Å². The van der Waals surface area contributed by atoms with Crippen LogP contribution in [0.1, 0.15) is 44.1 Å². The van der Waals surface area contributed by atoms with Crippen molar-refractivity contribution in [1.29, 1.82) is 5.26 Å². The van der Waals surface area contributed by atoms with Gasteiger partial charge in [-0.3, -0.25) is 13.9 Å². The van der Waals surface area contributed by atoms with Crippen LogP contribution in [-0.2, 0) is 14.1 Å². The van der Waals surface area contributed by atoms with Crippen molar-refractivity contribution < 1.29 is 0 Å².